The summed E-state index contributed by atoms with van der Waals surface area (Å²) < 4.78 is 0. The minimum atomic E-state index is -0.616. The summed E-state index contributed by atoms with van der Waals surface area (Å²) in [4.78, 5) is 30.0. The second kappa shape index (κ2) is 10.5. The Hall–Kier alpha value is -3.71. The van der Waals surface area contributed by atoms with E-state index in [1.165, 1.54) is 16.7 Å². The molecule has 2 amide bonds. The normalized spacial score (nSPS) is 21.5. The highest BCUT2D eigenvalue weighted by Crippen LogP contribution is 2.30. The van der Waals surface area contributed by atoms with Gasteiger partial charge in [0, 0.05) is 5.69 Å². The molecule has 3 aromatic rings. The Morgan fingerprint density at radius 2 is 1.81 bits per heavy atom. The van der Waals surface area contributed by atoms with Gasteiger partial charge in [-0.15, -0.1) is 0 Å². The monoisotopic (exact) mass is 483 g/mol. The number of amides is 2. The maximum Gasteiger partial charge on any atom is 0.242 e. The predicted molar refractivity (Wildman–Crippen MR) is 141 cm³/mol. The number of nitrogens with one attached hydrogen (secondary N) is 3. The Balaban J connectivity index is 1.10. The number of nitrogen functional groups attached to an aromatic ring is 1. The number of pyridine rings is 1. The molecular formula is C29H33N5O2. The van der Waals surface area contributed by atoms with Gasteiger partial charge in [0.2, 0.25) is 11.8 Å². The van der Waals surface area contributed by atoms with Crippen LogP contribution >= 0.6 is 0 Å². The lowest BCUT2D eigenvalue weighted by Gasteiger charge is -2.20. The molecule has 5 N–H and O–H groups in total. The van der Waals surface area contributed by atoms with Crippen LogP contribution in [-0.2, 0) is 22.4 Å². The van der Waals surface area contributed by atoms with Gasteiger partial charge < -0.3 is 21.7 Å². The van der Waals surface area contributed by atoms with Crippen LogP contribution in [0.15, 0.2) is 66.7 Å². The number of nitrogens with two attached hydrogens (primary N) is 1. The van der Waals surface area contributed by atoms with Crippen molar-refractivity contribution in [2.75, 3.05) is 12.3 Å². The number of carbonyl (C=O) groups is 2. The van der Waals surface area contributed by atoms with Crippen molar-refractivity contribution in [1.29, 1.82) is 0 Å². The Bertz CT molecular complexity index is 1230. The molecule has 186 valence electrons. The van der Waals surface area contributed by atoms with Gasteiger partial charge in [-0.05, 0) is 73.4 Å². The fourth-order valence-electron chi connectivity index (χ4n) is 5.27. The van der Waals surface area contributed by atoms with Gasteiger partial charge in [0.05, 0.1) is 12.1 Å². The molecule has 1 aliphatic carbocycles. The van der Waals surface area contributed by atoms with Crippen molar-refractivity contribution in [1.82, 2.24) is 20.9 Å². The highest BCUT2D eigenvalue weighted by molar-refractivity contribution is 5.89. The Kier molecular flexibility index (Phi) is 7.00. The first kappa shape index (κ1) is 24.0. The van der Waals surface area contributed by atoms with Crippen LogP contribution in [0, 0.1) is 5.92 Å². The topological polar surface area (TPSA) is 109 Å². The zero-order valence-corrected chi connectivity index (χ0v) is 20.5. The molecule has 1 aliphatic heterocycles. The van der Waals surface area contributed by atoms with Crippen molar-refractivity contribution in [3.8, 4) is 11.1 Å². The number of anilines is 1. The van der Waals surface area contributed by atoms with Crippen molar-refractivity contribution in [2.45, 2.75) is 50.7 Å². The molecule has 1 fully saturated rings. The van der Waals surface area contributed by atoms with Gasteiger partial charge in [-0.1, -0.05) is 60.7 Å². The standard InChI is InChI=1S/C29H33N5O2/c1-18(28(35)34-25-13-12-24-23(25)11-14-27(30)33-24)32-29(36)26-16-20(17-31-26)15-19-7-9-22(10-8-19)21-5-3-2-4-6-21/h2-11,14,18,20,25-26,31H,12-13,15-17H2,1H3,(H2,30,33)(H,32,36)(H,34,35)/t18-,20-,25-,26+/m0/s1. The number of rotatable bonds is 7. The average Bonchev–Trinajstić information content (AvgIpc) is 3.52. The van der Waals surface area contributed by atoms with Crippen molar-refractivity contribution in [3.63, 3.8) is 0 Å². The molecule has 36 heavy (non-hydrogen) atoms. The number of hydrogen-bond donors (Lipinski definition) is 4. The molecule has 2 aliphatic rings. The van der Waals surface area contributed by atoms with Crippen molar-refractivity contribution in [3.05, 3.63) is 83.6 Å². The van der Waals surface area contributed by atoms with Crippen LogP contribution in [-0.4, -0.2) is 35.4 Å². The third-order valence-electron chi connectivity index (χ3n) is 7.27. The van der Waals surface area contributed by atoms with Crippen molar-refractivity contribution in [2.24, 2.45) is 5.92 Å². The van der Waals surface area contributed by atoms with E-state index in [2.05, 4.69) is 57.3 Å². The van der Waals surface area contributed by atoms with Crippen LogP contribution in [0.2, 0.25) is 0 Å². The lowest BCUT2D eigenvalue weighted by atomic mass is 9.95. The lowest BCUT2D eigenvalue weighted by molar-refractivity contribution is -0.129. The Morgan fingerprint density at radius 1 is 1.06 bits per heavy atom. The number of benzene rings is 2. The van der Waals surface area contributed by atoms with Gasteiger partial charge in [0.15, 0.2) is 0 Å². The van der Waals surface area contributed by atoms with E-state index in [0.29, 0.717) is 11.7 Å². The Labute approximate surface area is 211 Å². The highest BCUT2D eigenvalue weighted by Gasteiger charge is 2.32. The van der Waals surface area contributed by atoms with Crippen molar-refractivity contribution >= 4 is 17.6 Å². The number of hydrogen-bond acceptors (Lipinski definition) is 5. The molecule has 5 rings (SSSR count). The average molecular weight is 484 g/mol. The summed E-state index contributed by atoms with van der Waals surface area (Å²) in [7, 11) is 0. The van der Waals surface area contributed by atoms with Gasteiger partial charge >= 0.3 is 0 Å². The summed E-state index contributed by atoms with van der Waals surface area (Å²) in [5, 5.41) is 9.28. The molecule has 0 spiro atoms. The van der Waals surface area contributed by atoms with Crippen LogP contribution in [0.4, 0.5) is 5.82 Å². The highest BCUT2D eigenvalue weighted by atomic mass is 16.2. The third kappa shape index (κ3) is 5.41. The number of aromatic nitrogens is 1. The van der Waals surface area contributed by atoms with E-state index in [-0.39, 0.29) is 23.9 Å². The molecule has 2 heterocycles. The molecule has 4 atom stereocenters. The Morgan fingerprint density at radius 3 is 2.58 bits per heavy atom. The first-order valence-electron chi connectivity index (χ1n) is 12.7. The number of carbonyl (C=O) groups excluding carboxylic acids is 2. The summed E-state index contributed by atoms with van der Waals surface area (Å²) in [6.45, 7) is 2.51. The molecule has 1 saturated heterocycles. The van der Waals surface area contributed by atoms with Gasteiger partial charge in [-0.2, -0.15) is 0 Å². The fourth-order valence-corrected chi connectivity index (χ4v) is 5.27. The number of aryl methyl sites for hydroxylation is 1. The van der Waals surface area contributed by atoms with Crippen molar-refractivity contribution < 1.29 is 9.59 Å². The number of nitrogens with zero attached hydrogens (tertiary/aromatic N) is 1. The fraction of sp³-hybridized carbons (Fsp3) is 0.345. The first-order chi connectivity index (χ1) is 17.5. The van der Waals surface area contributed by atoms with E-state index in [1.807, 2.05) is 24.3 Å². The van der Waals surface area contributed by atoms with E-state index in [1.54, 1.807) is 13.0 Å². The van der Waals surface area contributed by atoms with Gasteiger partial charge in [-0.25, -0.2) is 4.98 Å². The summed E-state index contributed by atoms with van der Waals surface area (Å²) in [5.41, 5.74) is 11.4. The summed E-state index contributed by atoms with van der Waals surface area (Å²) in [6.07, 6.45) is 3.25. The zero-order valence-electron chi connectivity index (χ0n) is 20.5. The molecule has 0 radical (unpaired) electrons. The molecule has 2 aromatic carbocycles. The maximum absolute atomic E-state index is 12.9. The van der Waals surface area contributed by atoms with Gasteiger partial charge in [0.25, 0.3) is 0 Å². The molecule has 0 unspecified atom stereocenters. The van der Waals surface area contributed by atoms with Crippen LogP contribution in [0.5, 0.6) is 0 Å². The van der Waals surface area contributed by atoms with E-state index in [0.717, 1.165) is 43.5 Å². The van der Waals surface area contributed by atoms with Gasteiger partial charge in [0.1, 0.15) is 11.9 Å². The number of fused-ring (bicyclic) bond motifs is 1. The minimum absolute atomic E-state index is 0.0952. The van der Waals surface area contributed by atoms with Gasteiger partial charge in [-0.3, -0.25) is 9.59 Å². The second-order valence-electron chi connectivity index (χ2n) is 9.93. The van der Waals surface area contributed by atoms with Crippen LogP contribution in [0.1, 0.15) is 42.6 Å². The molecule has 7 nitrogen and oxygen atoms in total. The lowest BCUT2D eigenvalue weighted by Crippen LogP contribution is -2.50. The first-order valence-corrected chi connectivity index (χ1v) is 12.7. The van der Waals surface area contributed by atoms with Crippen LogP contribution in [0.3, 0.4) is 0 Å². The molecule has 0 bridgehead atoms. The maximum atomic E-state index is 12.9. The zero-order chi connectivity index (χ0) is 25.1. The van der Waals surface area contributed by atoms with E-state index >= 15 is 0 Å². The molecule has 0 saturated carbocycles. The van der Waals surface area contributed by atoms with E-state index in [9.17, 15) is 9.59 Å². The molecular weight excluding hydrogens is 450 g/mol. The smallest absolute Gasteiger partial charge is 0.242 e. The summed E-state index contributed by atoms with van der Waals surface area (Å²) in [6, 6.07) is 21.7. The minimum Gasteiger partial charge on any atom is -0.384 e. The largest absolute Gasteiger partial charge is 0.384 e. The van der Waals surface area contributed by atoms with Crippen LogP contribution < -0.4 is 21.7 Å². The SMILES string of the molecule is C[C@H](NC(=O)[C@H]1C[C@H](Cc2ccc(-c3ccccc3)cc2)CN1)C(=O)N[C@H]1CCc2nc(N)ccc21. The second-order valence-corrected chi connectivity index (χ2v) is 9.93. The summed E-state index contributed by atoms with van der Waals surface area (Å²) >= 11 is 0. The quantitative estimate of drug-likeness (QED) is 0.413. The molecule has 1 aromatic heterocycles. The third-order valence-corrected chi connectivity index (χ3v) is 7.27. The summed E-state index contributed by atoms with van der Waals surface area (Å²) in [5.74, 6) is 0.558. The van der Waals surface area contributed by atoms with E-state index in [4.69, 9.17) is 5.73 Å². The predicted octanol–water partition coefficient (Wildman–Crippen LogP) is 3.16. The molecule has 7 heteroatoms. The van der Waals surface area contributed by atoms with E-state index < -0.39 is 6.04 Å². The van der Waals surface area contributed by atoms with Crippen LogP contribution in [0.25, 0.3) is 11.1 Å².